The number of hydrogen-bond acceptors (Lipinski definition) is 2. The van der Waals surface area contributed by atoms with E-state index in [-0.39, 0.29) is 42.1 Å². The second-order valence-electron chi connectivity index (χ2n) is 6.22. The van der Waals surface area contributed by atoms with E-state index in [0.29, 0.717) is 0 Å². The monoisotopic (exact) mass is 448 g/mol. The molecule has 0 unspecified atom stereocenters. The van der Waals surface area contributed by atoms with E-state index >= 15 is 0 Å². The van der Waals surface area contributed by atoms with Crippen LogP contribution in [0.5, 0.6) is 0 Å². The van der Waals surface area contributed by atoms with Gasteiger partial charge in [0.25, 0.3) is 0 Å². The molecule has 21 heavy (non-hydrogen) atoms. The zero-order valence-electron chi connectivity index (χ0n) is 12.7. The van der Waals surface area contributed by atoms with E-state index in [1.807, 2.05) is 12.1 Å². The molecule has 0 spiro atoms. The molecule has 1 atom stereocenters. The lowest BCUT2D eigenvalue weighted by Crippen LogP contribution is -2.48. The predicted molar refractivity (Wildman–Crippen MR) is 100 cm³/mol. The summed E-state index contributed by atoms with van der Waals surface area (Å²) in [5.41, 5.74) is 0.851. The first-order valence-corrected chi connectivity index (χ1v) is 7.87. The molecule has 1 aliphatic heterocycles. The van der Waals surface area contributed by atoms with Crippen molar-refractivity contribution in [3.05, 3.63) is 33.1 Å². The summed E-state index contributed by atoms with van der Waals surface area (Å²) in [6.07, 6.45) is 0. The Morgan fingerprint density at radius 2 is 1.76 bits per heavy atom. The summed E-state index contributed by atoms with van der Waals surface area (Å²) in [5, 5.41) is 3.36. The average molecular weight is 449 g/mol. The number of piperazine rings is 1. The molecule has 0 amide bonds. The molecule has 6 heteroatoms. The fourth-order valence-corrected chi connectivity index (χ4v) is 3.39. The molecule has 1 aromatic rings. The molecule has 0 aliphatic carbocycles. The minimum Gasteiger partial charge on any atom is -0.314 e. The van der Waals surface area contributed by atoms with Crippen molar-refractivity contribution >= 4 is 47.4 Å². The molecule has 1 fully saturated rings. The van der Waals surface area contributed by atoms with Crippen LogP contribution in [0.15, 0.2) is 18.2 Å². The summed E-state index contributed by atoms with van der Waals surface area (Å²) < 4.78 is 15.4. The van der Waals surface area contributed by atoms with Crippen molar-refractivity contribution in [2.45, 2.75) is 26.8 Å². The first kappa shape index (κ1) is 21.4. The van der Waals surface area contributed by atoms with Gasteiger partial charge in [0, 0.05) is 41.4 Å². The number of halogens is 4. The van der Waals surface area contributed by atoms with Crippen molar-refractivity contribution in [2.24, 2.45) is 5.41 Å². The lowest BCUT2D eigenvalue weighted by molar-refractivity contribution is 0.0834. The molecule has 2 nitrogen and oxygen atoms in total. The first-order valence-electron chi connectivity index (χ1n) is 6.79. The summed E-state index contributed by atoms with van der Waals surface area (Å²) in [6.45, 7) is 10.5. The first-order chi connectivity index (χ1) is 8.89. The van der Waals surface area contributed by atoms with Gasteiger partial charge in [-0.1, -0.05) is 20.8 Å². The minimum absolute atomic E-state index is 0. The third-order valence-electron chi connectivity index (χ3n) is 3.59. The summed E-state index contributed by atoms with van der Waals surface area (Å²) in [4.78, 5) is 2.41. The van der Waals surface area contributed by atoms with E-state index in [9.17, 15) is 4.39 Å². The van der Waals surface area contributed by atoms with Crippen LogP contribution in [-0.4, -0.2) is 31.1 Å². The molecule has 0 saturated carbocycles. The van der Waals surface area contributed by atoms with Gasteiger partial charge in [0.2, 0.25) is 0 Å². The van der Waals surface area contributed by atoms with Gasteiger partial charge in [-0.05, 0) is 46.2 Å². The van der Waals surface area contributed by atoms with Crippen LogP contribution >= 0.6 is 47.4 Å². The summed E-state index contributed by atoms with van der Waals surface area (Å²) in [7, 11) is 0. The van der Waals surface area contributed by atoms with Crippen molar-refractivity contribution < 1.29 is 4.39 Å². The molecule has 0 aromatic heterocycles. The Kier molecular flexibility index (Phi) is 9.03. The standard InChI is InChI=1S/C15H22FIN2.2ClH/c1-15(2,3)14(19-8-6-18-7-9-19)12-10-11(17)4-5-13(12)16;;/h4-5,10,14,18H,6-9H2,1-3H3;2*1H/t14-;;/m1../s1. The molecule has 0 bridgehead atoms. The van der Waals surface area contributed by atoms with Crippen molar-refractivity contribution in [3.63, 3.8) is 0 Å². The molecule has 1 saturated heterocycles. The Morgan fingerprint density at radius 3 is 2.29 bits per heavy atom. The highest BCUT2D eigenvalue weighted by Crippen LogP contribution is 2.39. The zero-order chi connectivity index (χ0) is 14.0. The second-order valence-corrected chi connectivity index (χ2v) is 7.47. The van der Waals surface area contributed by atoms with Crippen LogP contribution in [0.3, 0.4) is 0 Å². The van der Waals surface area contributed by atoms with Gasteiger partial charge in [0.05, 0.1) is 0 Å². The maximum absolute atomic E-state index is 14.3. The Hall–Kier alpha value is 0.380. The van der Waals surface area contributed by atoms with Crippen molar-refractivity contribution in [1.82, 2.24) is 10.2 Å². The van der Waals surface area contributed by atoms with E-state index in [1.165, 1.54) is 0 Å². The number of nitrogens with one attached hydrogen (secondary N) is 1. The Bertz CT molecular complexity index is 446. The highest BCUT2D eigenvalue weighted by molar-refractivity contribution is 14.1. The van der Waals surface area contributed by atoms with Gasteiger partial charge in [-0.15, -0.1) is 24.8 Å². The molecule has 1 N–H and O–H groups in total. The molecule has 1 heterocycles. The van der Waals surface area contributed by atoms with Crippen LogP contribution in [0.2, 0.25) is 0 Å². The second kappa shape index (κ2) is 8.87. The molecular formula is C15H24Cl2FIN2. The van der Waals surface area contributed by atoms with Crippen LogP contribution in [0, 0.1) is 14.8 Å². The van der Waals surface area contributed by atoms with Crippen LogP contribution in [0.25, 0.3) is 0 Å². The summed E-state index contributed by atoms with van der Waals surface area (Å²) in [5.74, 6) is -0.0844. The highest BCUT2D eigenvalue weighted by atomic mass is 127. The van der Waals surface area contributed by atoms with Crippen LogP contribution in [-0.2, 0) is 0 Å². The van der Waals surface area contributed by atoms with Gasteiger partial charge >= 0.3 is 0 Å². The van der Waals surface area contributed by atoms with Gasteiger partial charge in [-0.3, -0.25) is 4.90 Å². The van der Waals surface area contributed by atoms with Crippen molar-refractivity contribution in [2.75, 3.05) is 26.2 Å². The third kappa shape index (κ3) is 5.50. The molecule has 0 radical (unpaired) electrons. The van der Waals surface area contributed by atoms with E-state index < -0.39 is 0 Å². The molecular weight excluding hydrogens is 425 g/mol. The minimum atomic E-state index is -0.0844. The summed E-state index contributed by atoms with van der Waals surface area (Å²) >= 11 is 2.26. The van der Waals surface area contributed by atoms with Gasteiger partial charge in [0.1, 0.15) is 5.82 Å². The topological polar surface area (TPSA) is 15.3 Å². The molecule has 1 aliphatic rings. The molecule has 2 rings (SSSR count). The van der Waals surface area contributed by atoms with Crippen LogP contribution in [0.1, 0.15) is 32.4 Å². The van der Waals surface area contributed by atoms with Gasteiger partial charge in [-0.2, -0.15) is 0 Å². The highest BCUT2D eigenvalue weighted by Gasteiger charge is 2.34. The predicted octanol–water partition coefficient (Wildman–Crippen LogP) is 4.27. The molecule has 1 aromatic carbocycles. The lowest BCUT2D eigenvalue weighted by Gasteiger charge is -2.42. The summed E-state index contributed by atoms with van der Waals surface area (Å²) in [6, 6.07) is 5.55. The van der Waals surface area contributed by atoms with Gasteiger partial charge < -0.3 is 5.32 Å². The fourth-order valence-electron chi connectivity index (χ4n) is 2.88. The largest absolute Gasteiger partial charge is 0.314 e. The van der Waals surface area contributed by atoms with E-state index in [4.69, 9.17) is 0 Å². The number of rotatable bonds is 2. The lowest BCUT2D eigenvalue weighted by atomic mass is 9.80. The fraction of sp³-hybridized carbons (Fsp3) is 0.600. The maximum atomic E-state index is 14.3. The SMILES string of the molecule is CC(C)(C)[C@@H](c1cc(I)ccc1F)N1CCNCC1.Cl.Cl. The third-order valence-corrected chi connectivity index (χ3v) is 4.26. The molecule has 122 valence electrons. The number of benzene rings is 1. The maximum Gasteiger partial charge on any atom is 0.128 e. The Labute approximate surface area is 153 Å². The van der Waals surface area contributed by atoms with Crippen LogP contribution in [0.4, 0.5) is 4.39 Å². The quantitative estimate of drug-likeness (QED) is 0.679. The zero-order valence-corrected chi connectivity index (χ0v) is 16.4. The average Bonchev–Trinajstić information content (AvgIpc) is 2.33. The van der Waals surface area contributed by atoms with Gasteiger partial charge in [0.15, 0.2) is 0 Å². The van der Waals surface area contributed by atoms with E-state index in [0.717, 1.165) is 35.3 Å². The van der Waals surface area contributed by atoms with Gasteiger partial charge in [-0.25, -0.2) is 4.39 Å². The Morgan fingerprint density at radius 1 is 1.19 bits per heavy atom. The van der Waals surface area contributed by atoms with E-state index in [2.05, 4.69) is 53.6 Å². The van der Waals surface area contributed by atoms with Crippen molar-refractivity contribution in [3.8, 4) is 0 Å². The Balaban J connectivity index is 0.00000200. The number of hydrogen-bond donors (Lipinski definition) is 1. The normalized spacial score (nSPS) is 17.6. The smallest absolute Gasteiger partial charge is 0.128 e. The van der Waals surface area contributed by atoms with Crippen molar-refractivity contribution in [1.29, 1.82) is 0 Å². The van der Waals surface area contributed by atoms with Crippen LogP contribution < -0.4 is 5.32 Å². The number of nitrogens with zero attached hydrogens (tertiary/aromatic N) is 1. The van der Waals surface area contributed by atoms with E-state index in [1.54, 1.807) is 6.07 Å².